The van der Waals surface area contributed by atoms with Gasteiger partial charge in [-0.2, -0.15) is 0 Å². The number of benzene rings is 1. The highest BCUT2D eigenvalue weighted by Gasteiger charge is 2.36. The molecule has 1 aromatic rings. The van der Waals surface area contributed by atoms with Crippen molar-refractivity contribution in [1.29, 1.82) is 0 Å². The Kier molecular flexibility index (Phi) is 4.96. The fourth-order valence-corrected chi connectivity index (χ4v) is 3.47. The monoisotopic (exact) mass is 316 g/mol. The summed E-state index contributed by atoms with van der Waals surface area (Å²) in [6.07, 6.45) is 2.97. The van der Waals surface area contributed by atoms with Gasteiger partial charge in [-0.25, -0.2) is 0 Å². The van der Waals surface area contributed by atoms with Gasteiger partial charge < -0.3 is 14.5 Å². The third kappa shape index (κ3) is 3.72. The molecule has 1 aromatic carbocycles. The Balaban J connectivity index is 1.55. The first kappa shape index (κ1) is 16.0. The highest BCUT2D eigenvalue weighted by Crippen LogP contribution is 2.23. The van der Waals surface area contributed by atoms with E-state index < -0.39 is 0 Å². The van der Waals surface area contributed by atoms with Gasteiger partial charge in [-0.15, -0.1) is 0 Å². The Labute approximate surface area is 137 Å². The van der Waals surface area contributed by atoms with Gasteiger partial charge in [-0.3, -0.25) is 9.59 Å². The predicted molar refractivity (Wildman–Crippen MR) is 86.9 cm³/mol. The van der Waals surface area contributed by atoms with Crippen molar-refractivity contribution in [3.63, 3.8) is 0 Å². The highest BCUT2D eigenvalue weighted by molar-refractivity contribution is 5.78. The Hall–Kier alpha value is -1.88. The Morgan fingerprint density at radius 3 is 2.74 bits per heavy atom. The van der Waals surface area contributed by atoms with Crippen LogP contribution in [0, 0.1) is 0 Å². The summed E-state index contributed by atoms with van der Waals surface area (Å²) < 4.78 is 5.67. The van der Waals surface area contributed by atoms with Gasteiger partial charge in [0.25, 0.3) is 0 Å². The van der Waals surface area contributed by atoms with Crippen LogP contribution in [0.25, 0.3) is 0 Å². The Morgan fingerprint density at radius 1 is 1.22 bits per heavy atom. The zero-order chi connectivity index (χ0) is 16.2. The molecule has 3 rings (SSSR count). The molecular formula is C18H24N2O3. The Morgan fingerprint density at radius 2 is 1.96 bits per heavy atom. The molecule has 0 aliphatic carbocycles. The number of morpholine rings is 1. The van der Waals surface area contributed by atoms with Gasteiger partial charge in [0.15, 0.2) is 0 Å². The zero-order valence-electron chi connectivity index (χ0n) is 13.6. The number of aryl methyl sites for hydroxylation is 1. The van der Waals surface area contributed by atoms with Crippen molar-refractivity contribution in [3.8, 4) is 0 Å². The van der Waals surface area contributed by atoms with E-state index >= 15 is 0 Å². The van der Waals surface area contributed by atoms with E-state index in [1.807, 2.05) is 30.1 Å². The van der Waals surface area contributed by atoms with Crippen molar-refractivity contribution < 1.29 is 14.3 Å². The van der Waals surface area contributed by atoms with Crippen LogP contribution in [0.2, 0.25) is 0 Å². The quantitative estimate of drug-likeness (QED) is 0.848. The fraction of sp³-hybridized carbons (Fsp3) is 0.556. The lowest BCUT2D eigenvalue weighted by Gasteiger charge is -2.37. The molecule has 0 unspecified atom stereocenters. The lowest BCUT2D eigenvalue weighted by atomic mass is 10.0. The van der Waals surface area contributed by atoms with Crippen molar-refractivity contribution >= 4 is 11.8 Å². The molecule has 0 N–H and O–H groups in total. The molecule has 5 heteroatoms. The van der Waals surface area contributed by atoms with Crippen molar-refractivity contribution in [1.82, 2.24) is 9.80 Å². The molecule has 124 valence electrons. The molecule has 0 aromatic heterocycles. The highest BCUT2D eigenvalue weighted by atomic mass is 16.5. The van der Waals surface area contributed by atoms with Crippen LogP contribution in [0.15, 0.2) is 30.3 Å². The summed E-state index contributed by atoms with van der Waals surface area (Å²) in [6, 6.07) is 10.2. The maximum absolute atomic E-state index is 12.5. The van der Waals surface area contributed by atoms with Crippen molar-refractivity contribution in [2.45, 2.75) is 37.8 Å². The molecule has 5 nitrogen and oxygen atoms in total. The lowest BCUT2D eigenvalue weighted by molar-refractivity contribution is -0.154. The summed E-state index contributed by atoms with van der Waals surface area (Å²) in [4.78, 5) is 28.0. The first-order chi connectivity index (χ1) is 11.1. The van der Waals surface area contributed by atoms with Gasteiger partial charge in [0.2, 0.25) is 11.8 Å². The zero-order valence-corrected chi connectivity index (χ0v) is 13.6. The van der Waals surface area contributed by atoms with E-state index in [0.29, 0.717) is 13.0 Å². The number of ether oxygens (including phenoxy) is 1. The summed E-state index contributed by atoms with van der Waals surface area (Å²) in [6.45, 7) is 1.59. The number of rotatable bonds is 3. The first-order valence-electron chi connectivity index (χ1n) is 8.34. The third-order valence-electron chi connectivity index (χ3n) is 4.94. The van der Waals surface area contributed by atoms with E-state index in [-0.39, 0.29) is 30.6 Å². The summed E-state index contributed by atoms with van der Waals surface area (Å²) in [5.41, 5.74) is 1.19. The summed E-state index contributed by atoms with van der Waals surface area (Å²) in [5.74, 6) is 0.233. The van der Waals surface area contributed by atoms with E-state index in [4.69, 9.17) is 4.74 Å². The number of hydrogen-bond acceptors (Lipinski definition) is 3. The van der Waals surface area contributed by atoms with Crippen LogP contribution in [0.4, 0.5) is 0 Å². The molecular weight excluding hydrogens is 292 g/mol. The number of carbonyl (C=O) groups is 2. The van der Waals surface area contributed by atoms with E-state index in [0.717, 1.165) is 25.8 Å². The van der Waals surface area contributed by atoms with Gasteiger partial charge in [0.05, 0.1) is 12.1 Å². The van der Waals surface area contributed by atoms with E-state index in [1.54, 1.807) is 4.90 Å². The maximum atomic E-state index is 12.5. The summed E-state index contributed by atoms with van der Waals surface area (Å²) in [5, 5.41) is 0. The number of likely N-dealkylation sites (tertiary alicyclic amines) is 1. The topological polar surface area (TPSA) is 49.9 Å². The van der Waals surface area contributed by atoms with Gasteiger partial charge in [0, 0.05) is 26.6 Å². The summed E-state index contributed by atoms with van der Waals surface area (Å²) in [7, 11) is 1.84. The SMILES string of the molecule is CN1C(=O)CO[C@H]2CCN(C(=O)CCc3ccccc3)CC[C@@H]21. The normalized spacial score (nSPS) is 25.0. The lowest BCUT2D eigenvalue weighted by Crippen LogP contribution is -2.52. The largest absolute Gasteiger partial charge is 0.366 e. The molecule has 2 amide bonds. The average molecular weight is 316 g/mol. The molecule has 2 saturated heterocycles. The van der Waals surface area contributed by atoms with Crippen LogP contribution in [-0.2, 0) is 20.7 Å². The van der Waals surface area contributed by atoms with Crippen molar-refractivity contribution in [3.05, 3.63) is 35.9 Å². The van der Waals surface area contributed by atoms with E-state index in [9.17, 15) is 9.59 Å². The first-order valence-corrected chi connectivity index (χ1v) is 8.34. The van der Waals surface area contributed by atoms with E-state index in [2.05, 4.69) is 12.1 Å². The van der Waals surface area contributed by atoms with Crippen molar-refractivity contribution in [2.24, 2.45) is 0 Å². The molecule has 2 aliphatic rings. The van der Waals surface area contributed by atoms with Gasteiger partial charge >= 0.3 is 0 Å². The van der Waals surface area contributed by atoms with Crippen LogP contribution < -0.4 is 0 Å². The van der Waals surface area contributed by atoms with Gasteiger partial charge in [-0.1, -0.05) is 30.3 Å². The molecule has 2 aliphatic heterocycles. The molecule has 0 spiro atoms. The van der Waals surface area contributed by atoms with Gasteiger partial charge in [0.1, 0.15) is 6.61 Å². The molecule has 0 bridgehead atoms. The van der Waals surface area contributed by atoms with E-state index in [1.165, 1.54) is 5.56 Å². The maximum Gasteiger partial charge on any atom is 0.248 e. The second kappa shape index (κ2) is 7.13. The van der Waals surface area contributed by atoms with Crippen LogP contribution in [0.3, 0.4) is 0 Å². The second-order valence-electron chi connectivity index (χ2n) is 6.37. The number of nitrogens with zero attached hydrogens (tertiary/aromatic N) is 2. The molecule has 0 radical (unpaired) electrons. The molecule has 2 atom stereocenters. The number of amides is 2. The smallest absolute Gasteiger partial charge is 0.248 e. The number of likely N-dealkylation sites (N-methyl/N-ethyl adjacent to an activating group) is 1. The minimum atomic E-state index is 0.0371. The standard InChI is InChI=1S/C18H24N2O3/c1-19-15-9-11-20(12-10-16(15)23-13-18(19)22)17(21)8-7-14-5-3-2-4-6-14/h2-6,15-16H,7-13H2,1H3/t15-,16-/m0/s1. The van der Waals surface area contributed by atoms with Crippen molar-refractivity contribution in [2.75, 3.05) is 26.7 Å². The summed E-state index contributed by atoms with van der Waals surface area (Å²) >= 11 is 0. The predicted octanol–water partition coefficient (Wildman–Crippen LogP) is 1.47. The minimum Gasteiger partial charge on any atom is -0.366 e. The number of carbonyl (C=O) groups excluding carboxylic acids is 2. The van der Waals surface area contributed by atoms with Crippen LogP contribution in [0.5, 0.6) is 0 Å². The Bertz CT molecular complexity index is 561. The third-order valence-corrected chi connectivity index (χ3v) is 4.94. The molecule has 2 heterocycles. The number of hydrogen-bond donors (Lipinski definition) is 0. The molecule has 2 fully saturated rings. The molecule has 23 heavy (non-hydrogen) atoms. The fourth-order valence-electron chi connectivity index (χ4n) is 3.47. The molecule has 0 saturated carbocycles. The second-order valence-corrected chi connectivity index (χ2v) is 6.37. The average Bonchev–Trinajstić information content (AvgIpc) is 2.80. The van der Waals surface area contributed by atoms with Gasteiger partial charge in [-0.05, 0) is 24.8 Å². The van der Waals surface area contributed by atoms with Crippen LogP contribution in [0.1, 0.15) is 24.8 Å². The number of fused-ring (bicyclic) bond motifs is 1. The van der Waals surface area contributed by atoms with Crippen LogP contribution >= 0.6 is 0 Å². The minimum absolute atomic E-state index is 0.0371. The van der Waals surface area contributed by atoms with Crippen LogP contribution in [-0.4, -0.2) is 60.5 Å².